The van der Waals surface area contributed by atoms with Gasteiger partial charge in [-0.15, -0.1) is 0 Å². The number of allylic oxidation sites excluding steroid dienone is 4. The van der Waals surface area contributed by atoms with Crippen LogP contribution in [0.2, 0.25) is 0 Å². The third-order valence-corrected chi connectivity index (χ3v) is 4.18. The largest absolute Gasteiger partial charge is 0.512 e. The van der Waals surface area contributed by atoms with E-state index < -0.39 is 0 Å². The highest BCUT2D eigenvalue weighted by molar-refractivity contribution is 8.03. The Hall–Kier alpha value is -1.85. The van der Waals surface area contributed by atoms with Crippen molar-refractivity contribution >= 4 is 17.5 Å². The summed E-state index contributed by atoms with van der Waals surface area (Å²) in [6.45, 7) is 0. The summed E-state index contributed by atoms with van der Waals surface area (Å²) in [6, 6.07) is 5.56. The van der Waals surface area contributed by atoms with E-state index in [0.717, 1.165) is 20.9 Å². The van der Waals surface area contributed by atoms with Gasteiger partial charge in [-0.25, -0.2) is 0 Å². The zero-order valence-electron chi connectivity index (χ0n) is 9.51. The Morgan fingerprint density at radius 2 is 2.11 bits per heavy atom. The molecule has 0 unspecified atom stereocenters. The van der Waals surface area contributed by atoms with Gasteiger partial charge in [-0.2, -0.15) is 5.90 Å². The maximum absolute atomic E-state index is 9.59. The number of fused-ring (bicyclic) bond motifs is 2. The van der Waals surface area contributed by atoms with Gasteiger partial charge in [0.05, 0.1) is 5.76 Å². The number of hydrogen-bond donors (Lipinski definition) is 3. The first-order chi connectivity index (χ1) is 8.69. The Morgan fingerprint density at radius 3 is 2.89 bits per heavy atom. The summed E-state index contributed by atoms with van der Waals surface area (Å²) in [6.07, 6.45) is 4.07. The van der Waals surface area contributed by atoms with E-state index >= 15 is 0 Å². The van der Waals surface area contributed by atoms with E-state index in [4.69, 9.17) is 16.5 Å². The molecule has 0 atom stereocenters. The van der Waals surface area contributed by atoms with Crippen LogP contribution in [0.1, 0.15) is 12.0 Å². The Bertz CT molecular complexity index is 617. The second-order valence-electron chi connectivity index (χ2n) is 4.14. The average molecular weight is 260 g/mol. The maximum atomic E-state index is 9.59. The summed E-state index contributed by atoms with van der Waals surface area (Å²) < 4.78 is 0. The van der Waals surface area contributed by atoms with Gasteiger partial charge in [0.2, 0.25) is 0 Å². The molecule has 1 heterocycles. The maximum Gasteiger partial charge on any atom is 0.147 e. The van der Waals surface area contributed by atoms with Gasteiger partial charge in [-0.3, -0.25) is 0 Å². The van der Waals surface area contributed by atoms with Crippen LogP contribution in [0.3, 0.4) is 0 Å². The Labute approximate surface area is 109 Å². The van der Waals surface area contributed by atoms with Crippen molar-refractivity contribution in [1.82, 2.24) is 0 Å². The Kier molecular flexibility index (Phi) is 2.57. The molecule has 4 nitrogen and oxygen atoms in total. The molecule has 0 spiro atoms. The molecule has 5 heteroatoms. The summed E-state index contributed by atoms with van der Waals surface area (Å²) in [5.74, 6) is 6.05. The number of aliphatic hydroxyl groups excluding tert-OH is 1. The molecule has 0 aromatic heterocycles. The van der Waals surface area contributed by atoms with E-state index in [0.29, 0.717) is 23.6 Å². The number of benzene rings is 1. The average Bonchev–Trinajstić information content (AvgIpc) is 2.40. The summed E-state index contributed by atoms with van der Waals surface area (Å²) in [5, 5.41) is 9.59. The van der Waals surface area contributed by atoms with Crippen molar-refractivity contribution in [3.63, 3.8) is 0 Å². The molecule has 1 aliphatic carbocycles. The lowest BCUT2D eigenvalue weighted by atomic mass is 9.99. The lowest BCUT2D eigenvalue weighted by Gasteiger charge is -2.25. The Morgan fingerprint density at radius 1 is 1.28 bits per heavy atom. The van der Waals surface area contributed by atoms with Crippen LogP contribution in [-0.4, -0.2) is 5.11 Å². The molecule has 1 aromatic rings. The molecule has 5 N–H and O–H groups in total. The molecule has 3 rings (SSSR count). The molecule has 0 saturated heterocycles. The number of aliphatic hydroxyl groups is 1. The highest BCUT2D eigenvalue weighted by Crippen LogP contribution is 2.46. The standard InChI is InChI=1S/C13H12N2O2S/c14-13-9-5-7(16)1-3-11(9)18-12-4-2-8(17-15)6-10(12)13/h1-4,6,16H,5,14-15H2. The quantitative estimate of drug-likeness (QED) is 0.676. The van der Waals surface area contributed by atoms with Crippen molar-refractivity contribution in [2.75, 3.05) is 0 Å². The normalized spacial score (nSPS) is 17.6. The minimum absolute atomic E-state index is 0.326. The van der Waals surface area contributed by atoms with Crippen LogP contribution in [0, 0.1) is 0 Å². The van der Waals surface area contributed by atoms with Gasteiger partial charge < -0.3 is 15.7 Å². The first kappa shape index (κ1) is 11.3. The van der Waals surface area contributed by atoms with Gasteiger partial charge >= 0.3 is 0 Å². The second kappa shape index (κ2) is 4.12. The molecule has 0 saturated carbocycles. The Balaban J connectivity index is 2.15. The van der Waals surface area contributed by atoms with E-state index in [1.807, 2.05) is 18.2 Å². The molecule has 0 amide bonds. The van der Waals surface area contributed by atoms with E-state index in [9.17, 15) is 5.11 Å². The monoisotopic (exact) mass is 260 g/mol. The molecule has 1 aliphatic heterocycles. The molecule has 0 fully saturated rings. The lowest BCUT2D eigenvalue weighted by molar-refractivity contribution is 0.334. The molecule has 1 aromatic carbocycles. The third-order valence-electron chi connectivity index (χ3n) is 3.00. The zero-order chi connectivity index (χ0) is 12.7. The fourth-order valence-electron chi connectivity index (χ4n) is 2.09. The van der Waals surface area contributed by atoms with Gasteiger partial charge in [-0.1, -0.05) is 11.8 Å². The van der Waals surface area contributed by atoms with Crippen LogP contribution in [0.15, 0.2) is 51.5 Å². The smallest absolute Gasteiger partial charge is 0.147 e. The van der Waals surface area contributed by atoms with Crippen molar-refractivity contribution in [2.45, 2.75) is 11.3 Å². The molecular formula is C13H12N2O2S. The fourth-order valence-corrected chi connectivity index (χ4v) is 3.18. The highest BCUT2D eigenvalue weighted by atomic mass is 32.2. The third kappa shape index (κ3) is 1.68. The minimum Gasteiger partial charge on any atom is -0.512 e. The predicted molar refractivity (Wildman–Crippen MR) is 71.6 cm³/mol. The van der Waals surface area contributed by atoms with Crippen molar-refractivity contribution in [3.05, 3.63) is 52.2 Å². The molecule has 0 radical (unpaired) electrons. The van der Waals surface area contributed by atoms with Gasteiger partial charge in [0.25, 0.3) is 0 Å². The molecular weight excluding hydrogens is 248 g/mol. The number of rotatable bonds is 1. The van der Waals surface area contributed by atoms with E-state index in [1.165, 1.54) is 0 Å². The van der Waals surface area contributed by atoms with Gasteiger partial charge in [0.15, 0.2) is 0 Å². The van der Waals surface area contributed by atoms with Crippen LogP contribution in [0.5, 0.6) is 5.75 Å². The van der Waals surface area contributed by atoms with Crippen molar-refractivity contribution in [2.24, 2.45) is 11.6 Å². The molecule has 0 bridgehead atoms. The first-order valence-corrected chi connectivity index (χ1v) is 6.28. The topological polar surface area (TPSA) is 81.5 Å². The molecule has 2 aliphatic rings. The second-order valence-corrected chi connectivity index (χ2v) is 5.22. The SMILES string of the molecule is NOc1ccc2c(c1)C(N)=C1CC(O)=CC=C1S2. The van der Waals surface area contributed by atoms with Gasteiger partial charge in [-0.05, 0) is 35.9 Å². The van der Waals surface area contributed by atoms with Crippen molar-refractivity contribution in [1.29, 1.82) is 0 Å². The number of hydrogen-bond acceptors (Lipinski definition) is 5. The first-order valence-electron chi connectivity index (χ1n) is 5.47. The summed E-state index contributed by atoms with van der Waals surface area (Å²) in [4.78, 5) is 6.87. The predicted octanol–water partition coefficient (Wildman–Crippen LogP) is 2.44. The van der Waals surface area contributed by atoms with Gasteiger partial charge in [0, 0.05) is 27.5 Å². The minimum atomic E-state index is 0.326. The summed E-state index contributed by atoms with van der Waals surface area (Å²) >= 11 is 1.64. The van der Waals surface area contributed by atoms with Gasteiger partial charge in [0.1, 0.15) is 5.75 Å². The number of nitrogens with two attached hydrogens (primary N) is 2. The van der Waals surface area contributed by atoms with E-state index in [1.54, 1.807) is 23.9 Å². The van der Waals surface area contributed by atoms with E-state index in [-0.39, 0.29) is 0 Å². The number of thioether (sulfide) groups is 1. The highest BCUT2D eigenvalue weighted by Gasteiger charge is 2.24. The van der Waals surface area contributed by atoms with E-state index in [2.05, 4.69) is 0 Å². The van der Waals surface area contributed by atoms with Crippen LogP contribution >= 0.6 is 11.8 Å². The molecule has 92 valence electrons. The zero-order valence-corrected chi connectivity index (χ0v) is 10.3. The summed E-state index contributed by atoms with van der Waals surface area (Å²) in [5.41, 5.74) is 8.72. The van der Waals surface area contributed by atoms with Crippen LogP contribution in [-0.2, 0) is 0 Å². The fraction of sp³-hybridized carbons (Fsp3) is 0.0769. The van der Waals surface area contributed by atoms with Crippen LogP contribution in [0.4, 0.5) is 0 Å². The summed E-state index contributed by atoms with van der Waals surface area (Å²) in [7, 11) is 0. The van der Waals surface area contributed by atoms with Crippen LogP contribution in [0.25, 0.3) is 5.70 Å². The molecule has 18 heavy (non-hydrogen) atoms. The lowest BCUT2D eigenvalue weighted by Crippen LogP contribution is -2.11. The van der Waals surface area contributed by atoms with Crippen molar-refractivity contribution in [3.8, 4) is 5.75 Å². The van der Waals surface area contributed by atoms with Crippen molar-refractivity contribution < 1.29 is 9.94 Å². The van der Waals surface area contributed by atoms with Crippen LogP contribution < -0.4 is 16.5 Å².